The third kappa shape index (κ3) is 2.92. The minimum atomic E-state index is -0.322. The molecule has 0 spiro atoms. The van der Waals surface area contributed by atoms with Crippen LogP contribution in [0, 0.1) is 13.8 Å². The highest BCUT2D eigenvalue weighted by molar-refractivity contribution is 6.06. The second-order valence-electron chi connectivity index (χ2n) is 6.14. The minimum Gasteiger partial charge on any atom is -0.459 e. The van der Waals surface area contributed by atoms with Crippen LogP contribution in [0.3, 0.4) is 0 Å². The summed E-state index contributed by atoms with van der Waals surface area (Å²) in [6.45, 7) is 4.18. The lowest BCUT2D eigenvalue weighted by atomic mass is 10.00. The summed E-state index contributed by atoms with van der Waals surface area (Å²) in [5.41, 5.74) is 5.59. The van der Waals surface area contributed by atoms with Crippen molar-refractivity contribution >= 4 is 22.6 Å². The topological polar surface area (TPSA) is 70.9 Å². The largest absolute Gasteiger partial charge is 0.459 e. The van der Waals surface area contributed by atoms with Crippen LogP contribution in [-0.4, -0.2) is 16.1 Å². The summed E-state index contributed by atoms with van der Waals surface area (Å²) in [5, 5.41) is 10.8. The summed E-state index contributed by atoms with van der Waals surface area (Å²) in [7, 11) is 0. The van der Waals surface area contributed by atoms with Crippen molar-refractivity contribution < 1.29 is 9.21 Å². The van der Waals surface area contributed by atoms with E-state index in [1.165, 1.54) is 17.4 Å². The number of hydrogen-bond donors (Lipinski definition) is 2. The van der Waals surface area contributed by atoms with Gasteiger partial charge in [-0.2, -0.15) is 5.10 Å². The zero-order valence-corrected chi connectivity index (χ0v) is 14.0. The zero-order chi connectivity index (χ0) is 17.4. The smallest absolute Gasteiger partial charge is 0.292 e. The molecule has 2 heterocycles. The fourth-order valence-corrected chi connectivity index (χ4v) is 3.01. The van der Waals surface area contributed by atoms with Gasteiger partial charge >= 0.3 is 0 Å². The highest BCUT2D eigenvalue weighted by atomic mass is 16.3. The third-order valence-corrected chi connectivity index (χ3v) is 4.09. The Hall–Kier alpha value is -3.34. The zero-order valence-electron chi connectivity index (χ0n) is 14.0. The molecule has 0 saturated carbocycles. The molecule has 5 heteroatoms. The van der Waals surface area contributed by atoms with Crippen molar-refractivity contribution in [2.24, 2.45) is 0 Å². The molecular formula is C20H17N3O2. The van der Waals surface area contributed by atoms with Crippen LogP contribution >= 0.6 is 0 Å². The SMILES string of the molecule is Cc1cc(C)cc(-c2ccc3c(NC(=O)c4ccco4)n[nH]c3c2)c1. The number of furan rings is 1. The van der Waals surface area contributed by atoms with Crippen LogP contribution in [0.1, 0.15) is 21.7 Å². The molecular weight excluding hydrogens is 314 g/mol. The van der Waals surface area contributed by atoms with Gasteiger partial charge in [0.15, 0.2) is 11.6 Å². The quantitative estimate of drug-likeness (QED) is 0.572. The van der Waals surface area contributed by atoms with Crippen LogP contribution in [0.25, 0.3) is 22.0 Å². The normalized spacial score (nSPS) is 11.0. The highest BCUT2D eigenvalue weighted by Gasteiger charge is 2.13. The minimum absolute atomic E-state index is 0.253. The maximum atomic E-state index is 12.1. The molecule has 2 aromatic carbocycles. The van der Waals surface area contributed by atoms with Crippen molar-refractivity contribution in [2.75, 3.05) is 5.32 Å². The van der Waals surface area contributed by atoms with E-state index in [-0.39, 0.29) is 11.7 Å². The Morgan fingerprint density at radius 3 is 2.56 bits per heavy atom. The molecule has 0 aliphatic heterocycles. The second kappa shape index (κ2) is 5.94. The fraction of sp³-hybridized carbons (Fsp3) is 0.100. The Kier molecular flexibility index (Phi) is 3.61. The van der Waals surface area contributed by atoms with E-state index in [1.807, 2.05) is 18.2 Å². The molecule has 0 aliphatic carbocycles. The molecule has 124 valence electrons. The highest BCUT2D eigenvalue weighted by Crippen LogP contribution is 2.28. The van der Waals surface area contributed by atoms with Crippen molar-refractivity contribution in [1.82, 2.24) is 10.2 Å². The summed E-state index contributed by atoms with van der Waals surface area (Å²) >= 11 is 0. The van der Waals surface area contributed by atoms with Crippen LogP contribution in [0.4, 0.5) is 5.82 Å². The first kappa shape index (κ1) is 15.2. The van der Waals surface area contributed by atoms with Crippen molar-refractivity contribution in [3.63, 3.8) is 0 Å². The number of rotatable bonds is 3. The maximum Gasteiger partial charge on any atom is 0.292 e. The Bertz CT molecular complexity index is 1040. The lowest BCUT2D eigenvalue weighted by Gasteiger charge is -2.06. The molecule has 2 N–H and O–H groups in total. The summed E-state index contributed by atoms with van der Waals surface area (Å²) < 4.78 is 5.11. The predicted octanol–water partition coefficient (Wildman–Crippen LogP) is 4.69. The number of amides is 1. The third-order valence-electron chi connectivity index (χ3n) is 4.09. The van der Waals surface area contributed by atoms with Crippen LogP contribution in [0.2, 0.25) is 0 Å². The molecule has 4 aromatic rings. The van der Waals surface area contributed by atoms with Gasteiger partial charge in [0.2, 0.25) is 0 Å². The molecule has 5 nitrogen and oxygen atoms in total. The number of benzene rings is 2. The van der Waals surface area contributed by atoms with E-state index in [1.54, 1.807) is 12.1 Å². The number of nitrogens with one attached hydrogen (secondary N) is 2. The number of nitrogens with zero attached hydrogens (tertiary/aromatic N) is 1. The van der Waals surface area contributed by atoms with Crippen molar-refractivity contribution in [1.29, 1.82) is 0 Å². The van der Waals surface area contributed by atoms with Gasteiger partial charge in [0.25, 0.3) is 5.91 Å². The molecule has 0 unspecified atom stereocenters. The molecule has 0 saturated heterocycles. The summed E-state index contributed by atoms with van der Waals surface area (Å²) in [4.78, 5) is 12.1. The summed E-state index contributed by atoms with van der Waals surface area (Å²) in [5.74, 6) is 0.420. The van der Waals surface area contributed by atoms with Gasteiger partial charge in [-0.05, 0) is 49.2 Å². The average Bonchev–Trinajstić information content (AvgIpc) is 3.23. The van der Waals surface area contributed by atoms with Crippen LogP contribution in [-0.2, 0) is 0 Å². The first-order valence-electron chi connectivity index (χ1n) is 8.02. The summed E-state index contributed by atoms with van der Waals surface area (Å²) in [6, 6.07) is 15.8. The first-order valence-corrected chi connectivity index (χ1v) is 8.02. The fourth-order valence-electron chi connectivity index (χ4n) is 3.01. The average molecular weight is 331 g/mol. The predicted molar refractivity (Wildman–Crippen MR) is 97.7 cm³/mol. The number of fused-ring (bicyclic) bond motifs is 1. The number of hydrogen-bond acceptors (Lipinski definition) is 3. The van der Waals surface area contributed by atoms with Gasteiger partial charge in [0, 0.05) is 5.39 Å². The Labute approximate surface area is 144 Å². The van der Waals surface area contributed by atoms with E-state index in [2.05, 4.69) is 47.6 Å². The van der Waals surface area contributed by atoms with E-state index in [0.717, 1.165) is 22.0 Å². The molecule has 25 heavy (non-hydrogen) atoms. The van der Waals surface area contributed by atoms with Crippen molar-refractivity contribution in [2.45, 2.75) is 13.8 Å². The number of H-pyrrole nitrogens is 1. The molecule has 4 rings (SSSR count). The van der Waals surface area contributed by atoms with E-state index >= 15 is 0 Å². The van der Waals surface area contributed by atoms with Gasteiger partial charge < -0.3 is 9.73 Å². The van der Waals surface area contributed by atoms with Gasteiger partial charge in [0.05, 0.1) is 11.8 Å². The molecule has 0 fully saturated rings. The number of carbonyl (C=O) groups is 1. The van der Waals surface area contributed by atoms with E-state index in [9.17, 15) is 4.79 Å². The lowest BCUT2D eigenvalue weighted by Crippen LogP contribution is -2.11. The molecule has 1 amide bonds. The van der Waals surface area contributed by atoms with Gasteiger partial charge in [-0.25, -0.2) is 0 Å². The number of aromatic amines is 1. The van der Waals surface area contributed by atoms with E-state index in [0.29, 0.717) is 5.82 Å². The Balaban J connectivity index is 1.68. The Morgan fingerprint density at radius 1 is 1.04 bits per heavy atom. The standard InChI is InChI=1S/C20H17N3O2/c1-12-8-13(2)10-15(9-12)14-5-6-16-17(11-14)22-23-19(16)21-20(24)18-4-3-7-25-18/h3-11H,1-2H3,(H2,21,22,23,24). The lowest BCUT2D eigenvalue weighted by molar-refractivity contribution is 0.0996. The van der Waals surface area contributed by atoms with Gasteiger partial charge in [0.1, 0.15) is 0 Å². The number of carbonyl (C=O) groups excluding carboxylic acids is 1. The van der Waals surface area contributed by atoms with E-state index < -0.39 is 0 Å². The molecule has 2 aromatic heterocycles. The molecule has 0 radical (unpaired) electrons. The van der Waals surface area contributed by atoms with Crippen LogP contribution < -0.4 is 5.32 Å². The number of aryl methyl sites for hydroxylation is 2. The van der Waals surface area contributed by atoms with Gasteiger partial charge in [-0.3, -0.25) is 9.89 Å². The van der Waals surface area contributed by atoms with Crippen molar-refractivity contribution in [3.05, 3.63) is 71.7 Å². The van der Waals surface area contributed by atoms with Gasteiger partial charge in [-0.1, -0.05) is 35.4 Å². The van der Waals surface area contributed by atoms with Crippen LogP contribution in [0.5, 0.6) is 0 Å². The van der Waals surface area contributed by atoms with Crippen LogP contribution in [0.15, 0.2) is 59.2 Å². The number of aromatic nitrogens is 2. The van der Waals surface area contributed by atoms with E-state index in [4.69, 9.17) is 4.42 Å². The summed E-state index contributed by atoms with van der Waals surface area (Å²) in [6.07, 6.45) is 1.47. The monoisotopic (exact) mass is 331 g/mol. The number of anilines is 1. The van der Waals surface area contributed by atoms with Gasteiger partial charge in [-0.15, -0.1) is 0 Å². The molecule has 0 aliphatic rings. The molecule has 0 bridgehead atoms. The first-order chi connectivity index (χ1) is 12.1. The second-order valence-corrected chi connectivity index (χ2v) is 6.14. The molecule has 0 atom stereocenters. The van der Waals surface area contributed by atoms with Crippen molar-refractivity contribution in [3.8, 4) is 11.1 Å². The Morgan fingerprint density at radius 2 is 1.84 bits per heavy atom. The maximum absolute atomic E-state index is 12.1.